The van der Waals surface area contributed by atoms with Crippen LogP contribution in [-0.4, -0.2) is 58.3 Å². The highest BCUT2D eigenvalue weighted by Gasteiger charge is 2.66. The Morgan fingerprint density at radius 1 is 1.00 bits per heavy atom. The summed E-state index contributed by atoms with van der Waals surface area (Å²) < 4.78 is 22.3. The molecular weight excluding hydrogens is 346 g/mol. The molecule has 1 aromatic carbocycles. The smallest absolute Gasteiger partial charge is 0.202 e. The lowest BCUT2D eigenvalue weighted by molar-refractivity contribution is -0.123. The lowest BCUT2D eigenvalue weighted by atomic mass is 9.56. The molecule has 2 aliphatic carbocycles. The Bertz CT molecular complexity index is 874. The van der Waals surface area contributed by atoms with Crippen molar-refractivity contribution in [3.05, 3.63) is 40.9 Å². The summed E-state index contributed by atoms with van der Waals surface area (Å²) in [5.41, 5.74) is 1.14. The van der Waals surface area contributed by atoms with Crippen LogP contribution in [0.25, 0.3) is 6.08 Å². The number of hydrogen-bond donors (Lipinski definition) is 0. The van der Waals surface area contributed by atoms with Gasteiger partial charge < -0.3 is 18.9 Å². The Balaban J connectivity index is 2.05. The van der Waals surface area contributed by atoms with E-state index in [1.54, 1.807) is 21.3 Å². The summed E-state index contributed by atoms with van der Waals surface area (Å²) >= 11 is 0. The summed E-state index contributed by atoms with van der Waals surface area (Å²) in [5.74, 6) is 2.21. The van der Waals surface area contributed by atoms with Gasteiger partial charge in [0.1, 0.15) is 5.54 Å². The molecule has 1 aliphatic heterocycles. The van der Waals surface area contributed by atoms with Crippen molar-refractivity contribution >= 4 is 11.9 Å². The second kappa shape index (κ2) is 6.02. The van der Waals surface area contributed by atoms with Gasteiger partial charge in [-0.05, 0) is 36.7 Å². The summed E-state index contributed by atoms with van der Waals surface area (Å²) in [5, 5.41) is 0. The van der Waals surface area contributed by atoms with E-state index in [0.29, 0.717) is 29.4 Å². The van der Waals surface area contributed by atoms with Gasteiger partial charge in [0, 0.05) is 18.4 Å². The van der Waals surface area contributed by atoms with E-state index < -0.39 is 11.0 Å². The van der Waals surface area contributed by atoms with Gasteiger partial charge in [0.15, 0.2) is 17.3 Å². The molecule has 4 rings (SSSR count). The van der Waals surface area contributed by atoms with Crippen LogP contribution in [0.15, 0.2) is 29.7 Å². The van der Waals surface area contributed by atoms with Crippen molar-refractivity contribution in [2.75, 3.05) is 42.0 Å². The molecule has 0 N–H and O–H groups in total. The second-order valence-corrected chi connectivity index (χ2v) is 7.31. The van der Waals surface area contributed by atoms with E-state index in [9.17, 15) is 4.79 Å². The SMILES string of the molecule is COC1=C(OC)[C@]23C=Cc4cc(OC)c(OC)cc4[C@]2(CCN3C)CC1=O. The number of ether oxygens (including phenoxy) is 4. The number of Topliss-reactive ketones (excluding diaryl/α,β-unsaturated/α-hetero) is 1. The van der Waals surface area contributed by atoms with Gasteiger partial charge in [-0.25, -0.2) is 0 Å². The molecule has 1 saturated heterocycles. The predicted molar refractivity (Wildman–Crippen MR) is 101 cm³/mol. The first-order valence-corrected chi connectivity index (χ1v) is 9.02. The number of ketones is 1. The molecule has 1 fully saturated rings. The van der Waals surface area contributed by atoms with Gasteiger partial charge in [-0.3, -0.25) is 9.69 Å². The highest BCUT2D eigenvalue weighted by Crippen LogP contribution is 2.61. The fourth-order valence-electron chi connectivity index (χ4n) is 5.27. The highest BCUT2D eigenvalue weighted by molar-refractivity contribution is 5.98. The monoisotopic (exact) mass is 371 g/mol. The lowest BCUT2D eigenvalue weighted by Gasteiger charge is -2.52. The molecule has 0 radical (unpaired) electrons. The average Bonchev–Trinajstić information content (AvgIpc) is 2.99. The van der Waals surface area contributed by atoms with E-state index in [1.165, 1.54) is 7.11 Å². The molecule has 144 valence electrons. The van der Waals surface area contributed by atoms with Crippen molar-refractivity contribution in [3.63, 3.8) is 0 Å². The van der Waals surface area contributed by atoms with Crippen LogP contribution >= 0.6 is 0 Å². The molecule has 6 nitrogen and oxygen atoms in total. The van der Waals surface area contributed by atoms with E-state index in [1.807, 2.05) is 12.1 Å². The van der Waals surface area contributed by atoms with Gasteiger partial charge in [-0.2, -0.15) is 0 Å². The number of allylic oxidation sites excluding steroid dienone is 1. The Morgan fingerprint density at radius 2 is 1.70 bits per heavy atom. The normalized spacial score (nSPS) is 29.1. The fourth-order valence-corrected chi connectivity index (χ4v) is 5.27. The molecular formula is C21H25NO5. The molecule has 0 spiro atoms. The number of carbonyl (C=O) groups is 1. The van der Waals surface area contributed by atoms with E-state index in [0.717, 1.165) is 24.1 Å². The minimum absolute atomic E-state index is 0.0312. The maximum Gasteiger partial charge on any atom is 0.202 e. The summed E-state index contributed by atoms with van der Waals surface area (Å²) in [7, 11) is 8.46. The van der Waals surface area contributed by atoms with E-state index in [-0.39, 0.29) is 5.78 Å². The zero-order chi connectivity index (χ0) is 19.4. The van der Waals surface area contributed by atoms with Crippen LogP contribution < -0.4 is 9.47 Å². The van der Waals surface area contributed by atoms with Gasteiger partial charge in [-0.1, -0.05) is 12.2 Å². The van der Waals surface area contributed by atoms with Gasteiger partial charge in [0.25, 0.3) is 0 Å². The van der Waals surface area contributed by atoms with E-state index in [4.69, 9.17) is 18.9 Å². The van der Waals surface area contributed by atoms with Crippen LogP contribution in [0.5, 0.6) is 11.5 Å². The maximum atomic E-state index is 13.0. The molecule has 0 bridgehead atoms. The van der Waals surface area contributed by atoms with Crippen LogP contribution in [0.2, 0.25) is 0 Å². The molecule has 0 amide bonds. The minimum atomic E-state index is -0.562. The first-order valence-electron chi connectivity index (χ1n) is 9.02. The first-order chi connectivity index (χ1) is 13.0. The van der Waals surface area contributed by atoms with Crippen molar-refractivity contribution in [3.8, 4) is 11.5 Å². The number of methoxy groups -OCH3 is 4. The summed E-state index contributed by atoms with van der Waals surface area (Å²) in [6, 6.07) is 4.00. The molecule has 0 saturated carbocycles. The zero-order valence-corrected chi connectivity index (χ0v) is 16.4. The average molecular weight is 371 g/mol. The Morgan fingerprint density at radius 3 is 2.33 bits per heavy atom. The van der Waals surface area contributed by atoms with Gasteiger partial charge in [0.2, 0.25) is 11.5 Å². The maximum absolute atomic E-state index is 13.0. The van der Waals surface area contributed by atoms with Crippen LogP contribution in [0.4, 0.5) is 0 Å². The Kier molecular flexibility index (Phi) is 4.00. The molecule has 6 heteroatoms. The van der Waals surface area contributed by atoms with Crippen LogP contribution in [-0.2, 0) is 19.7 Å². The largest absolute Gasteiger partial charge is 0.495 e. The molecule has 27 heavy (non-hydrogen) atoms. The quantitative estimate of drug-likeness (QED) is 0.811. The van der Waals surface area contributed by atoms with Crippen molar-refractivity contribution in [2.24, 2.45) is 0 Å². The lowest BCUT2D eigenvalue weighted by Crippen LogP contribution is -2.60. The summed E-state index contributed by atoms with van der Waals surface area (Å²) in [4.78, 5) is 15.3. The highest BCUT2D eigenvalue weighted by atomic mass is 16.5. The van der Waals surface area contributed by atoms with Gasteiger partial charge in [0.05, 0.1) is 28.4 Å². The van der Waals surface area contributed by atoms with Crippen molar-refractivity contribution < 1.29 is 23.7 Å². The molecule has 0 aromatic heterocycles. The van der Waals surface area contributed by atoms with E-state index >= 15 is 0 Å². The van der Waals surface area contributed by atoms with Crippen molar-refractivity contribution in [2.45, 2.75) is 23.8 Å². The summed E-state index contributed by atoms with van der Waals surface area (Å²) in [6.45, 7) is 0.843. The first kappa shape index (κ1) is 17.9. The third kappa shape index (κ3) is 2.02. The predicted octanol–water partition coefficient (Wildman–Crippen LogP) is 2.52. The third-order valence-electron chi connectivity index (χ3n) is 6.46. The Labute approximate surface area is 159 Å². The molecule has 1 aromatic rings. The van der Waals surface area contributed by atoms with Gasteiger partial charge >= 0.3 is 0 Å². The number of likely N-dealkylation sites (N-methyl/N-ethyl adjacent to an activating group) is 1. The van der Waals surface area contributed by atoms with Crippen LogP contribution in [0.3, 0.4) is 0 Å². The number of benzene rings is 1. The number of rotatable bonds is 4. The van der Waals surface area contributed by atoms with Crippen LogP contribution in [0, 0.1) is 0 Å². The third-order valence-corrected chi connectivity index (χ3v) is 6.46. The summed E-state index contributed by atoms with van der Waals surface area (Å²) in [6.07, 6.45) is 5.43. The number of nitrogens with zero attached hydrogens (tertiary/aromatic N) is 1. The Hall–Kier alpha value is -2.47. The zero-order valence-electron chi connectivity index (χ0n) is 16.4. The van der Waals surface area contributed by atoms with Gasteiger partial charge in [-0.15, -0.1) is 0 Å². The van der Waals surface area contributed by atoms with E-state index in [2.05, 4.69) is 24.1 Å². The molecule has 0 unspecified atom stereocenters. The van der Waals surface area contributed by atoms with Crippen molar-refractivity contribution in [1.82, 2.24) is 4.90 Å². The number of fused-ring (bicyclic) bond motifs is 1. The number of carbonyl (C=O) groups excluding carboxylic acids is 1. The number of likely N-dealkylation sites (tertiary alicyclic amines) is 1. The van der Waals surface area contributed by atoms with Crippen molar-refractivity contribution in [1.29, 1.82) is 0 Å². The fraction of sp³-hybridized carbons (Fsp3) is 0.476. The standard InChI is InChI=1S/C21H25NO5/c1-22-9-8-20-12-15(23)18(26-4)19(27-5)21(20,22)7-6-13-10-16(24-2)17(25-3)11-14(13)20/h6-7,10-11H,8-9,12H2,1-5H3/t20-,21+/m0/s1. The minimum Gasteiger partial charge on any atom is -0.495 e. The van der Waals surface area contributed by atoms with Crippen LogP contribution in [0.1, 0.15) is 24.0 Å². The molecule has 2 atom stereocenters. The molecule has 3 aliphatic rings. The topological polar surface area (TPSA) is 57.2 Å². The molecule has 1 heterocycles. The second-order valence-electron chi connectivity index (χ2n) is 7.31. The number of hydrogen-bond acceptors (Lipinski definition) is 6.